The van der Waals surface area contributed by atoms with E-state index in [9.17, 15) is 10.1 Å². The Labute approximate surface area is 164 Å². The molecule has 7 heteroatoms. The summed E-state index contributed by atoms with van der Waals surface area (Å²) >= 11 is 0. The Balaban J connectivity index is 1.41. The molecular weight excluding hydrogens is 354 g/mol. The van der Waals surface area contributed by atoms with E-state index in [0.717, 1.165) is 54.7 Å². The number of rotatable bonds is 5. The lowest BCUT2D eigenvalue weighted by molar-refractivity contribution is -0.132. The molecule has 2 atom stereocenters. The zero-order valence-electron chi connectivity index (χ0n) is 16.1. The van der Waals surface area contributed by atoms with Gasteiger partial charge in [-0.1, -0.05) is 0 Å². The summed E-state index contributed by atoms with van der Waals surface area (Å²) in [5, 5.41) is 13.9. The number of amides is 1. The molecule has 0 saturated carbocycles. The first kappa shape index (κ1) is 18.5. The Kier molecular flexibility index (Phi) is 5.31. The number of pyridine rings is 1. The van der Waals surface area contributed by atoms with E-state index in [1.165, 1.54) is 0 Å². The van der Waals surface area contributed by atoms with Crippen molar-refractivity contribution in [1.82, 2.24) is 14.8 Å². The summed E-state index contributed by atoms with van der Waals surface area (Å²) in [7, 11) is 1.66. The zero-order valence-corrected chi connectivity index (χ0v) is 16.1. The monoisotopic (exact) mass is 379 g/mol. The highest BCUT2D eigenvalue weighted by molar-refractivity contribution is 5.92. The molecule has 2 saturated heterocycles. The fraction of sp³-hybridized carbons (Fsp3) is 0.476. The third kappa shape index (κ3) is 3.73. The molecule has 0 bridgehead atoms. The van der Waals surface area contributed by atoms with Crippen molar-refractivity contribution >= 4 is 22.5 Å². The first-order chi connectivity index (χ1) is 13.7. The van der Waals surface area contributed by atoms with Crippen LogP contribution in [0.5, 0.6) is 5.75 Å². The van der Waals surface area contributed by atoms with Gasteiger partial charge in [0.25, 0.3) is 0 Å². The highest BCUT2D eigenvalue weighted by Crippen LogP contribution is 2.29. The second-order valence-corrected chi connectivity index (χ2v) is 7.48. The molecule has 1 aromatic heterocycles. The van der Waals surface area contributed by atoms with E-state index in [4.69, 9.17) is 4.74 Å². The van der Waals surface area contributed by atoms with Gasteiger partial charge in [0.1, 0.15) is 11.8 Å². The smallest absolute Gasteiger partial charge is 0.237 e. The Morgan fingerprint density at radius 2 is 2.29 bits per heavy atom. The molecule has 1 aromatic carbocycles. The number of nitrogens with zero attached hydrogens (tertiary/aromatic N) is 4. The van der Waals surface area contributed by atoms with Crippen molar-refractivity contribution in [3.8, 4) is 11.8 Å². The predicted octanol–water partition coefficient (Wildman–Crippen LogP) is 2.24. The minimum Gasteiger partial charge on any atom is -0.497 e. The molecule has 3 heterocycles. The molecule has 7 nitrogen and oxygen atoms in total. The van der Waals surface area contributed by atoms with Gasteiger partial charge in [0.05, 0.1) is 25.2 Å². The molecule has 28 heavy (non-hydrogen) atoms. The number of anilines is 1. The van der Waals surface area contributed by atoms with Crippen LogP contribution in [0.25, 0.3) is 10.9 Å². The van der Waals surface area contributed by atoms with E-state index in [-0.39, 0.29) is 18.0 Å². The third-order valence-corrected chi connectivity index (χ3v) is 5.64. The fourth-order valence-electron chi connectivity index (χ4n) is 4.19. The van der Waals surface area contributed by atoms with Gasteiger partial charge in [-0.3, -0.25) is 14.7 Å². The number of carbonyl (C=O) groups excluding carboxylic acids is 1. The number of benzene rings is 1. The lowest BCUT2D eigenvalue weighted by atomic mass is 10.1. The van der Waals surface area contributed by atoms with Gasteiger partial charge in [-0.15, -0.1) is 0 Å². The maximum Gasteiger partial charge on any atom is 0.237 e. The summed E-state index contributed by atoms with van der Waals surface area (Å²) in [4.78, 5) is 20.9. The standard InChI is InChI=1S/C21H25N5O2/c1-28-17-10-19-18(5-2-7-23-19)20(11-17)24-15-6-9-25(13-15)14-21(27)26-8-3-4-16(26)12-22/h2,5,7,10-11,15-16,24H,3-4,6,8-9,13-14H2,1H3/t15-,16-/m0/s1. The molecule has 2 aliphatic heterocycles. The van der Waals surface area contributed by atoms with E-state index in [2.05, 4.69) is 27.3 Å². The average molecular weight is 379 g/mol. The van der Waals surface area contributed by atoms with Crippen LogP contribution in [0.3, 0.4) is 0 Å². The summed E-state index contributed by atoms with van der Waals surface area (Å²) < 4.78 is 5.41. The summed E-state index contributed by atoms with van der Waals surface area (Å²) in [6.45, 7) is 2.76. The number of hydrogen-bond donors (Lipinski definition) is 1. The van der Waals surface area contributed by atoms with Crippen LogP contribution in [0.2, 0.25) is 0 Å². The Morgan fingerprint density at radius 3 is 3.11 bits per heavy atom. The summed E-state index contributed by atoms with van der Waals surface area (Å²) in [6, 6.07) is 10.2. The quantitative estimate of drug-likeness (QED) is 0.858. The predicted molar refractivity (Wildman–Crippen MR) is 107 cm³/mol. The summed E-state index contributed by atoms with van der Waals surface area (Å²) in [5.74, 6) is 0.844. The minimum absolute atomic E-state index is 0.0701. The second kappa shape index (κ2) is 8.03. The molecule has 1 N–H and O–H groups in total. The van der Waals surface area contributed by atoms with Crippen molar-refractivity contribution in [3.63, 3.8) is 0 Å². The number of methoxy groups -OCH3 is 1. The topological polar surface area (TPSA) is 81.5 Å². The zero-order chi connectivity index (χ0) is 19.5. The molecule has 0 aliphatic carbocycles. The maximum absolute atomic E-state index is 12.6. The van der Waals surface area contributed by atoms with Crippen molar-refractivity contribution in [2.24, 2.45) is 0 Å². The molecule has 146 valence electrons. The first-order valence-electron chi connectivity index (χ1n) is 9.78. The van der Waals surface area contributed by atoms with Gasteiger partial charge in [0, 0.05) is 55.1 Å². The number of nitrogens with one attached hydrogen (secondary N) is 1. The van der Waals surface area contributed by atoms with Crippen LogP contribution >= 0.6 is 0 Å². The van der Waals surface area contributed by atoms with E-state index in [1.54, 1.807) is 18.2 Å². The van der Waals surface area contributed by atoms with Crippen molar-refractivity contribution in [2.75, 3.05) is 38.6 Å². The first-order valence-corrected chi connectivity index (χ1v) is 9.78. The second-order valence-electron chi connectivity index (χ2n) is 7.48. The molecule has 0 unspecified atom stereocenters. The minimum atomic E-state index is -0.250. The number of carbonyl (C=O) groups is 1. The van der Waals surface area contributed by atoms with Crippen LogP contribution in [-0.4, -0.2) is 66.1 Å². The lowest BCUT2D eigenvalue weighted by Crippen LogP contribution is -2.42. The highest BCUT2D eigenvalue weighted by Gasteiger charge is 2.31. The Morgan fingerprint density at radius 1 is 1.39 bits per heavy atom. The third-order valence-electron chi connectivity index (χ3n) is 5.64. The molecule has 1 amide bonds. The number of nitriles is 1. The van der Waals surface area contributed by atoms with E-state index >= 15 is 0 Å². The normalized spacial score (nSPS) is 22.4. The number of hydrogen-bond acceptors (Lipinski definition) is 6. The van der Waals surface area contributed by atoms with Crippen LogP contribution in [0.1, 0.15) is 19.3 Å². The molecular formula is C21H25N5O2. The van der Waals surface area contributed by atoms with Gasteiger partial charge < -0.3 is 15.0 Å². The van der Waals surface area contributed by atoms with Gasteiger partial charge >= 0.3 is 0 Å². The molecule has 0 spiro atoms. The summed E-state index contributed by atoms with van der Waals surface area (Å²) in [5.41, 5.74) is 1.90. The molecule has 2 aliphatic rings. The molecule has 2 aromatic rings. The Hall–Kier alpha value is -2.85. The largest absolute Gasteiger partial charge is 0.497 e. The van der Waals surface area contributed by atoms with Crippen LogP contribution in [0, 0.1) is 11.3 Å². The maximum atomic E-state index is 12.6. The lowest BCUT2D eigenvalue weighted by Gasteiger charge is -2.23. The highest BCUT2D eigenvalue weighted by atomic mass is 16.5. The SMILES string of the molecule is COc1cc(N[C@H]2CCN(CC(=O)N3CCC[C@H]3C#N)C2)c2cccnc2c1. The number of ether oxygens (including phenoxy) is 1. The van der Waals surface area contributed by atoms with Crippen molar-refractivity contribution in [1.29, 1.82) is 5.26 Å². The van der Waals surface area contributed by atoms with Crippen molar-refractivity contribution in [3.05, 3.63) is 30.5 Å². The molecule has 0 radical (unpaired) electrons. The van der Waals surface area contributed by atoms with Crippen molar-refractivity contribution in [2.45, 2.75) is 31.3 Å². The van der Waals surface area contributed by atoms with E-state index in [0.29, 0.717) is 13.1 Å². The van der Waals surface area contributed by atoms with Gasteiger partial charge in [-0.2, -0.15) is 5.26 Å². The van der Waals surface area contributed by atoms with Crippen molar-refractivity contribution < 1.29 is 9.53 Å². The van der Waals surface area contributed by atoms with Crippen LogP contribution in [0.15, 0.2) is 30.5 Å². The average Bonchev–Trinajstić information content (AvgIpc) is 3.37. The van der Waals surface area contributed by atoms with E-state index in [1.807, 2.05) is 18.2 Å². The number of aromatic nitrogens is 1. The van der Waals surface area contributed by atoms with E-state index < -0.39 is 0 Å². The number of fused-ring (bicyclic) bond motifs is 1. The van der Waals surface area contributed by atoms with Crippen LogP contribution in [-0.2, 0) is 4.79 Å². The number of likely N-dealkylation sites (tertiary alicyclic amines) is 2. The van der Waals surface area contributed by atoms with Gasteiger partial charge in [-0.25, -0.2) is 0 Å². The molecule has 2 fully saturated rings. The van der Waals surface area contributed by atoms with Crippen LogP contribution in [0.4, 0.5) is 5.69 Å². The Bertz CT molecular complexity index is 909. The van der Waals surface area contributed by atoms with Gasteiger partial charge in [0.2, 0.25) is 5.91 Å². The summed E-state index contributed by atoms with van der Waals surface area (Å²) in [6.07, 6.45) is 4.46. The van der Waals surface area contributed by atoms with Gasteiger partial charge in [0.15, 0.2) is 0 Å². The molecule has 4 rings (SSSR count). The van der Waals surface area contributed by atoms with Gasteiger partial charge in [-0.05, 0) is 31.4 Å². The fourth-order valence-corrected chi connectivity index (χ4v) is 4.19. The van der Waals surface area contributed by atoms with Crippen LogP contribution < -0.4 is 10.1 Å².